The molecule has 57 heavy (non-hydrogen) atoms. The number of hydrogen-bond donors (Lipinski definition) is 3. The molecule has 9 heteroatoms. The lowest BCUT2D eigenvalue weighted by Gasteiger charge is -2.25. The highest BCUT2D eigenvalue weighted by Gasteiger charge is 2.27. The van der Waals surface area contributed by atoms with Crippen LogP contribution in [0.25, 0.3) is 0 Å². The second-order valence-electron chi connectivity index (χ2n) is 18.2. The summed E-state index contributed by atoms with van der Waals surface area (Å²) in [4.78, 5) is 23.1. The Kier molecular flexibility index (Phi) is 40.1. The number of carbonyl (C=O) groups excluding carboxylic acids is 1. The van der Waals surface area contributed by atoms with Gasteiger partial charge in [0.25, 0.3) is 0 Å². The van der Waals surface area contributed by atoms with Crippen LogP contribution in [0.4, 0.5) is 0 Å². The van der Waals surface area contributed by atoms with Gasteiger partial charge >= 0.3 is 7.82 Å². The average Bonchev–Trinajstić information content (AvgIpc) is 3.16. The van der Waals surface area contributed by atoms with Crippen LogP contribution < -0.4 is 5.32 Å². The van der Waals surface area contributed by atoms with E-state index >= 15 is 0 Å². The summed E-state index contributed by atoms with van der Waals surface area (Å²) in [5, 5.41) is 13.8. The zero-order chi connectivity index (χ0) is 42.1. The smallest absolute Gasteiger partial charge is 0.387 e. The molecule has 0 aliphatic rings. The van der Waals surface area contributed by atoms with Crippen molar-refractivity contribution in [2.75, 3.05) is 40.9 Å². The largest absolute Gasteiger partial charge is 0.472 e. The molecule has 0 aromatic heterocycles. The van der Waals surface area contributed by atoms with Crippen LogP contribution >= 0.6 is 7.82 Å². The van der Waals surface area contributed by atoms with Crippen LogP contribution in [0.3, 0.4) is 0 Å². The number of aliphatic hydroxyl groups is 1. The van der Waals surface area contributed by atoms with Crippen LogP contribution in [0.2, 0.25) is 0 Å². The van der Waals surface area contributed by atoms with Crippen molar-refractivity contribution in [1.82, 2.24) is 5.32 Å². The molecular formula is C48H98N2O6P+. The van der Waals surface area contributed by atoms with Gasteiger partial charge in [-0.2, -0.15) is 0 Å². The number of carbonyl (C=O) groups is 1. The Bertz CT molecular complexity index is 942. The van der Waals surface area contributed by atoms with Crippen molar-refractivity contribution in [2.24, 2.45) is 0 Å². The third kappa shape index (κ3) is 43.1. The Morgan fingerprint density at radius 2 is 0.930 bits per heavy atom. The first-order valence-electron chi connectivity index (χ1n) is 24.6. The van der Waals surface area contributed by atoms with E-state index in [1.165, 1.54) is 180 Å². The summed E-state index contributed by atoms with van der Waals surface area (Å²) in [6.45, 7) is 4.83. The first-order valence-corrected chi connectivity index (χ1v) is 26.1. The normalized spacial score (nSPS) is 14.3. The second-order valence-corrected chi connectivity index (χ2v) is 19.7. The molecule has 0 aliphatic heterocycles. The quantitative estimate of drug-likeness (QED) is 0.0244. The van der Waals surface area contributed by atoms with Gasteiger partial charge in [-0.25, -0.2) is 4.57 Å². The van der Waals surface area contributed by atoms with Crippen molar-refractivity contribution in [3.63, 3.8) is 0 Å². The van der Waals surface area contributed by atoms with Gasteiger partial charge < -0.3 is 19.8 Å². The fourth-order valence-corrected chi connectivity index (χ4v) is 8.07. The maximum Gasteiger partial charge on any atom is 0.472 e. The Morgan fingerprint density at radius 3 is 1.30 bits per heavy atom. The molecule has 0 radical (unpaired) electrons. The molecule has 0 spiro atoms. The zero-order valence-electron chi connectivity index (χ0n) is 38.6. The van der Waals surface area contributed by atoms with Crippen LogP contribution in [-0.2, 0) is 18.4 Å². The Balaban J connectivity index is 4.19. The lowest BCUT2D eigenvalue weighted by atomic mass is 10.0. The van der Waals surface area contributed by atoms with Gasteiger partial charge in [0.2, 0.25) is 5.91 Å². The summed E-state index contributed by atoms with van der Waals surface area (Å²) in [6.07, 6.45) is 47.2. The number of likely N-dealkylation sites (N-methyl/N-ethyl adjacent to an activating group) is 1. The van der Waals surface area contributed by atoms with Crippen molar-refractivity contribution in [3.05, 3.63) is 12.2 Å². The van der Waals surface area contributed by atoms with Crippen LogP contribution in [0.5, 0.6) is 0 Å². The first-order chi connectivity index (χ1) is 27.5. The molecule has 340 valence electrons. The molecule has 0 rings (SSSR count). The summed E-state index contributed by atoms with van der Waals surface area (Å²) in [7, 11) is 1.58. The van der Waals surface area contributed by atoms with Gasteiger partial charge in [0.1, 0.15) is 13.2 Å². The van der Waals surface area contributed by atoms with Gasteiger partial charge in [-0.15, -0.1) is 0 Å². The van der Waals surface area contributed by atoms with E-state index in [2.05, 4.69) is 19.2 Å². The Hall–Kier alpha value is -0.760. The maximum absolute atomic E-state index is 12.9. The minimum absolute atomic E-state index is 0.0646. The van der Waals surface area contributed by atoms with E-state index in [0.29, 0.717) is 17.4 Å². The monoisotopic (exact) mass is 830 g/mol. The molecule has 0 bridgehead atoms. The number of rotatable bonds is 45. The summed E-state index contributed by atoms with van der Waals surface area (Å²) < 4.78 is 23.6. The van der Waals surface area contributed by atoms with Crippen molar-refractivity contribution in [3.8, 4) is 0 Å². The molecule has 0 saturated heterocycles. The third-order valence-corrected chi connectivity index (χ3v) is 12.2. The molecule has 8 nitrogen and oxygen atoms in total. The Morgan fingerprint density at radius 1 is 0.579 bits per heavy atom. The number of nitrogens with zero attached hydrogens (tertiary/aromatic N) is 1. The number of phosphoric acid groups is 1. The number of quaternary nitrogens is 1. The third-order valence-electron chi connectivity index (χ3n) is 11.3. The fourth-order valence-electron chi connectivity index (χ4n) is 7.34. The Labute approximate surface area is 354 Å². The molecule has 0 aromatic rings. The van der Waals surface area contributed by atoms with Gasteiger partial charge in [-0.05, 0) is 19.3 Å². The molecule has 0 aromatic carbocycles. The van der Waals surface area contributed by atoms with Crippen molar-refractivity contribution in [1.29, 1.82) is 0 Å². The van der Waals surface area contributed by atoms with E-state index in [0.717, 1.165) is 38.5 Å². The van der Waals surface area contributed by atoms with Gasteiger partial charge in [0.05, 0.1) is 39.9 Å². The predicted octanol–water partition coefficient (Wildman–Crippen LogP) is 13.9. The van der Waals surface area contributed by atoms with E-state index in [4.69, 9.17) is 9.05 Å². The SMILES string of the molecule is CCCCCCCCCCCC/C=C/C(O)C(COP(=O)(O)OCC[N+](C)(C)C)NC(=O)CCCCCCCCCCCCCCCCCCCCCCCCC. The van der Waals surface area contributed by atoms with Gasteiger partial charge in [-0.1, -0.05) is 225 Å². The molecule has 1 amide bonds. The molecule has 0 saturated carbocycles. The molecule has 0 heterocycles. The van der Waals surface area contributed by atoms with E-state index in [1.54, 1.807) is 6.08 Å². The number of hydrogen-bond acceptors (Lipinski definition) is 5. The summed E-state index contributed by atoms with van der Waals surface area (Å²) >= 11 is 0. The van der Waals surface area contributed by atoms with Crippen LogP contribution in [0, 0.1) is 0 Å². The summed E-state index contributed by atoms with van der Waals surface area (Å²) in [5.74, 6) is -0.173. The van der Waals surface area contributed by atoms with Gasteiger partial charge in [0.15, 0.2) is 0 Å². The van der Waals surface area contributed by atoms with Crippen LogP contribution in [-0.4, -0.2) is 73.4 Å². The molecule has 0 aliphatic carbocycles. The number of amides is 1. The van der Waals surface area contributed by atoms with Crippen molar-refractivity contribution >= 4 is 13.7 Å². The summed E-state index contributed by atoms with van der Waals surface area (Å²) in [6, 6.07) is -0.839. The lowest BCUT2D eigenvalue weighted by Crippen LogP contribution is -2.45. The highest BCUT2D eigenvalue weighted by atomic mass is 31.2. The number of nitrogens with one attached hydrogen (secondary N) is 1. The lowest BCUT2D eigenvalue weighted by molar-refractivity contribution is -0.870. The number of unbranched alkanes of at least 4 members (excludes halogenated alkanes) is 32. The van der Waals surface area contributed by atoms with E-state index in [9.17, 15) is 19.4 Å². The standard InChI is InChI=1S/C48H97N2O6P/c1-6-8-10-12-14-16-18-20-21-22-23-24-25-26-27-28-29-30-32-34-36-38-40-42-48(52)49-46(45-56-57(53,54)55-44-43-50(3,4)5)47(51)41-39-37-35-33-31-19-17-15-13-11-9-7-2/h39,41,46-47,51H,6-38,40,42-45H2,1-5H3,(H-,49,52,53,54)/p+1/b41-39+. The number of allylic oxidation sites excluding steroid dienone is 1. The highest BCUT2D eigenvalue weighted by molar-refractivity contribution is 7.47. The van der Waals surface area contributed by atoms with Crippen LogP contribution in [0.1, 0.15) is 239 Å². The van der Waals surface area contributed by atoms with Crippen molar-refractivity contribution < 1.29 is 32.9 Å². The zero-order valence-corrected chi connectivity index (χ0v) is 39.5. The van der Waals surface area contributed by atoms with E-state index < -0.39 is 20.0 Å². The average molecular weight is 830 g/mol. The maximum atomic E-state index is 12.9. The highest BCUT2D eigenvalue weighted by Crippen LogP contribution is 2.43. The molecular weight excluding hydrogens is 732 g/mol. The number of phosphoric ester groups is 1. The molecule has 3 atom stereocenters. The number of aliphatic hydroxyl groups excluding tert-OH is 1. The fraction of sp³-hybridized carbons (Fsp3) is 0.938. The van der Waals surface area contributed by atoms with Crippen LogP contribution in [0.15, 0.2) is 12.2 Å². The summed E-state index contributed by atoms with van der Waals surface area (Å²) in [5.41, 5.74) is 0. The molecule has 3 unspecified atom stereocenters. The van der Waals surface area contributed by atoms with E-state index in [-0.39, 0.29) is 19.1 Å². The van der Waals surface area contributed by atoms with E-state index in [1.807, 2.05) is 27.2 Å². The van der Waals surface area contributed by atoms with Gasteiger partial charge in [-0.3, -0.25) is 13.8 Å². The predicted molar refractivity (Wildman–Crippen MR) is 245 cm³/mol. The molecule has 0 fully saturated rings. The second kappa shape index (κ2) is 40.6. The topological polar surface area (TPSA) is 105 Å². The minimum Gasteiger partial charge on any atom is -0.387 e. The van der Waals surface area contributed by atoms with Crippen molar-refractivity contribution in [2.45, 2.75) is 251 Å². The van der Waals surface area contributed by atoms with Gasteiger partial charge in [0, 0.05) is 6.42 Å². The first kappa shape index (κ1) is 56.2. The molecule has 3 N–H and O–H groups in total. The minimum atomic E-state index is -4.33.